The molecule has 1 aromatic carbocycles. The van der Waals surface area contributed by atoms with Crippen LogP contribution >= 0.6 is 12.4 Å². The van der Waals surface area contributed by atoms with E-state index in [1.54, 1.807) is 30.1 Å². The molecule has 0 aromatic heterocycles. The highest BCUT2D eigenvalue weighted by molar-refractivity contribution is 5.85. The normalized spacial score (nSPS) is 28.3. The van der Waals surface area contributed by atoms with E-state index in [0.29, 0.717) is 18.4 Å². The van der Waals surface area contributed by atoms with E-state index < -0.39 is 0 Å². The van der Waals surface area contributed by atoms with Gasteiger partial charge in [0.05, 0.1) is 12.5 Å². The molecule has 23 heavy (non-hydrogen) atoms. The number of hydrogen-bond acceptors (Lipinski definition) is 3. The average molecular weight is 343 g/mol. The second kappa shape index (κ2) is 7.49. The number of nitrogens with two attached hydrogens (primary N) is 1. The number of nitrogens with zero attached hydrogens (tertiary/aromatic N) is 1. The third-order valence-corrected chi connectivity index (χ3v) is 5.16. The summed E-state index contributed by atoms with van der Waals surface area (Å²) in [6.45, 7) is 0.715. The number of ether oxygens (including phenoxy) is 1. The number of halogens is 2. The van der Waals surface area contributed by atoms with Crippen molar-refractivity contribution in [3.05, 3.63) is 30.1 Å². The molecule has 2 N–H and O–H groups in total. The first-order chi connectivity index (χ1) is 10.6. The first kappa shape index (κ1) is 18.0. The number of fused-ring (bicyclic) bond motifs is 2. The van der Waals surface area contributed by atoms with Crippen molar-refractivity contribution in [3.63, 3.8) is 0 Å². The Kier molecular flexibility index (Phi) is 5.87. The van der Waals surface area contributed by atoms with Crippen molar-refractivity contribution >= 4 is 18.3 Å². The van der Waals surface area contributed by atoms with Crippen molar-refractivity contribution in [2.24, 2.45) is 23.5 Å². The summed E-state index contributed by atoms with van der Waals surface area (Å²) in [5.74, 6) is 0.866. The molecule has 1 amide bonds. The van der Waals surface area contributed by atoms with E-state index >= 15 is 0 Å². The number of amides is 1. The van der Waals surface area contributed by atoms with Crippen LogP contribution in [0.4, 0.5) is 4.39 Å². The molecule has 2 bridgehead atoms. The highest BCUT2D eigenvalue weighted by Gasteiger charge is 2.49. The van der Waals surface area contributed by atoms with Gasteiger partial charge >= 0.3 is 0 Å². The molecule has 4 unspecified atom stereocenters. The van der Waals surface area contributed by atoms with Crippen LogP contribution in [-0.2, 0) is 4.79 Å². The molecule has 2 saturated carbocycles. The SMILES string of the molecule is CN(CCOc1ccccc1F)C(=O)C1C2CCC(C2)C1N.Cl. The second-order valence-corrected chi connectivity index (χ2v) is 6.48. The Morgan fingerprint density at radius 2 is 2.04 bits per heavy atom. The van der Waals surface area contributed by atoms with Crippen molar-refractivity contribution < 1.29 is 13.9 Å². The fraction of sp³-hybridized carbons (Fsp3) is 0.588. The van der Waals surface area contributed by atoms with Gasteiger partial charge in [0.25, 0.3) is 0 Å². The summed E-state index contributed by atoms with van der Waals surface area (Å²) in [5, 5.41) is 0. The summed E-state index contributed by atoms with van der Waals surface area (Å²) in [5.41, 5.74) is 6.21. The fourth-order valence-corrected chi connectivity index (χ4v) is 3.92. The predicted molar refractivity (Wildman–Crippen MR) is 89.1 cm³/mol. The molecular weight excluding hydrogens is 319 g/mol. The minimum atomic E-state index is -0.383. The van der Waals surface area contributed by atoms with E-state index in [-0.39, 0.29) is 48.4 Å². The van der Waals surface area contributed by atoms with Crippen molar-refractivity contribution in [2.75, 3.05) is 20.2 Å². The van der Waals surface area contributed by atoms with Gasteiger partial charge in [-0.05, 0) is 43.2 Å². The van der Waals surface area contributed by atoms with Gasteiger partial charge in [-0.15, -0.1) is 12.4 Å². The van der Waals surface area contributed by atoms with Gasteiger partial charge < -0.3 is 15.4 Å². The number of likely N-dealkylation sites (N-methyl/N-ethyl adjacent to an activating group) is 1. The highest BCUT2D eigenvalue weighted by Crippen LogP contribution is 2.48. The van der Waals surface area contributed by atoms with Crippen LogP contribution in [0.15, 0.2) is 24.3 Å². The van der Waals surface area contributed by atoms with Crippen LogP contribution in [0.2, 0.25) is 0 Å². The molecule has 6 heteroatoms. The Morgan fingerprint density at radius 3 is 2.70 bits per heavy atom. The Hall–Kier alpha value is -1.33. The second-order valence-electron chi connectivity index (χ2n) is 6.48. The van der Waals surface area contributed by atoms with Gasteiger partial charge in [0.15, 0.2) is 11.6 Å². The van der Waals surface area contributed by atoms with Crippen molar-refractivity contribution in [3.8, 4) is 5.75 Å². The van der Waals surface area contributed by atoms with Gasteiger partial charge in [0.2, 0.25) is 5.91 Å². The standard InChI is InChI=1S/C17H23FN2O2.ClH/c1-20(8-9-22-14-5-3-2-4-13(14)18)17(21)15-11-6-7-12(10-11)16(15)19;/h2-5,11-12,15-16H,6-10,19H2,1H3;1H. The molecule has 3 rings (SSSR count). The molecule has 2 fully saturated rings. The number of rotatable bonds is 5. The summed E-state index contributed by atoms with van der Waals surface area (Å²) >= 11 is 0. The van der Waals surface area contributed by atoms with Crippen LogP contribution in [0.3, 0.4) is 0 Å². The molecule has 0 radical (unpaired) electrons. The summed E-state index contributed by atoms with van der Waals surface area (Å²) in [6.07, 6.45) is 3.38. The number of hydrogen-bond donors (Lipinski definition) is 1. The van der Waals surface area contributed by atoms with E-state index in [4.69, 9.17) is 10.5 Å². The van der Waals surface area contributed by atoms with Crippen LogP contribution in [0, 0.1) is 23.6 Å². The van der Waals surface area contributed by atoms with Gasteiger partial charge in [0.1, 0.15) is 6.61 Å². The Balaban J connectivity index is 0.00000192. The van der Waals surface area contributed by atoms with E-state index in [1.807, 2.05) is 0 Å². The molecule has 4 atom stereocenters. The maximum atomic E-state index is 13.4. The maximum Gasteiger partial charge on any atom is 0.227 e. The lowest BCUT2D eigenvalue weighted by Gasteiger charge is -2.30. The van der Waals surface area contributed by atoms with E-state index in [9.17, 15) is 9.18 Å². The molecular formula is C17H24ClFN2O2. The topological polar surface area (TPSA) is 55.6 Å². The number of carbonyl (C=O) groups is 1. The molecule has 0 spiro atoms. The van der Waals surface area contributed by atoms with E-state index in [1.165, 1.54) is 6.07 Å². The molecule has 2 aliphatic rings. The zero-order valence-electron chi connectivity index (χ0n) is 13.3. The van der Waals surface area contributed by atoms with Crippen molar-refractivity contribution in [2.45, 2.75) is 25.3 Å². The van der Waals surface area contributed by atoms with Crippen LogP contribution in [0.25, 0.3) is 0 Å². The largest absolute Gasteiger partial charge is 0.489 e. The molecule has 4 nitrogen and oxygen atoms in total. The lowest BCUT2D eigenvalue weighted by atomic mass is 9.84. The van der Waals surface area contributed by atoms with Gasteiger partial charge in [0, 0.05) is 13.1 Å². The molecule has 0 heterocycles. The van der Waals surface area contributed by atoms with Crippen LogP contribution < -0.4 is 10.5 Å². The molecule has 128 valence electrons. The molecule has 0 saturated heterocycles. The summed E-state index contributed by atoms with van der Waals surface area (Å²) in [4.78, 5) is 14.2. The lowest BCUT2D eigenvalue weighted by Crippen LogP contribution is -2.46. The third kappa shape index (κ3) is 3.61. The zero-order valence-corrected chi connectivity index (χ0v) is 14.1. The van der Waals surface area contributed by atoms with Gasteiger partial charge in [-0.1, -0.05) is 12.1 Å². The molecule has 2 aliphatic carbocycles. The Bertz CT molecular complexity index is 555. The van der Waals surface area contributed by atoms with Crippen molar-refractivity contribution in [1.29, 1.82) is 0 Å². The smallest absolute Gasteiger partial charge is 0.227 e. The van der Waals surface area contributed by atoms with Gasteiger partial charge in [-0.2, -0.15) is 0 Å². The summed E-state index contributed by atoms with van der Waals surface area (Å²) in [7, 11) is 1.77. The maximum absolute atomic E-state index is 13.4. The quantitative estimate of drug-likeness (QED) is 0.894. The minimum Gasteiger partial charge on any atom is -0.489 e. The third-order valence-electron chi connectivity index (χ3n) is 5.16. The lowest BCUT2D eigenvalue weighted by molar-refractivity contribution is -0.136. The van der Waals surface area contributed by atoms with Crippen LogP contribution in [0.5, 0.6) is 5.75 Å². The summed E-state index contributed by atoms with van der Waals surface area (Å²) in [6, 6.07) is 6.29. The summed E-state index contributed by atoms with van der Waals surface area (Å²) < 4.78 is 18.9. The van der Waals surface area contributed by atoms with Gasteiger partial charge in [-0.25, -0.2) is 4.39 Å². The Morgan fingerprint density at radius 1 is 1.35 bits per heavy atom. The minimum absolute atomic E-state index is 0. The van der Waals surface area contributed by atoms with Crippen LogP contribution in [0.1, 0.15) is 19.3 Å². The van der Waals surface area contributed by atoms with E-state index in [0.717, 1.165) is 19.3 Å². The Labute approximate surface area is 142 Å². The highest BCUT2D eigenvalue weighted by atomic mass is 35.5. The van der Waals surface area contributed by atoms with Gasteiger partial charge in [-0.3, -0.25) is 4.79 Å². The first-order valence-electron chi connectivity index (χ1n) is 7.96. The first-order valence-corrected chi connectivity index (χ1v) is 7.96. The van der Waals surface area contributed by atoms with Crippen molar-refractivity contribution in [1.82, 2.24) is 4.90 Å². The number of carbonyl (C=O) groups excluding carboxylic acids is 1. The fourth-order valence-electron chi connectivity index (χ4n) is 3.92. The molecule has 1 aromatic rings. The number of benzene rings is 1. The molecule has 0 aliphatic heterocycles. The average Bonchev–Trinajstić information content (AvgIpc) is 3.09. The monoisotopic (exact) mass is 342 g/mol. The predicted octanol–water partition coefficient (Wildman–Crippen LogP) is 2.46. The number of para-hydroxylation sites is 1. The van der Waals surface area contributed by atoms with Crippen LogP contribution in [-0.4, -0.2) is 37.0 Å². The van der Waals surface area contributed by atoms with E-state index in [2.05, 4.69) is 0 Å². The zero-order chi connectivity index (χ0) is 15.7.